The number of carbonyl (C=O) groups excluding carboxylic acids is 1. The van der Waals surface area contributed by atoms with Crippen LogP contribution < -0.4 is 0 Å². The second kappa shape index (κ2) is 6.86. The van der Waals surface area contributed by atoms with Gasteiger partial charge in [-0.25, -0.2) is 9.90 Å². The Morgan fingerprint density at radius 2 is 1.43 bits per heavy atom. The van der Waals surface area contributed by atoms with Crippen molar-refractivity contribution in [3.05, 3.63) is 0 Å². The minimum absolute atomic E-state index is 0.550. The number of hydrogen-bond acceptors (Lipinski definition) is 1. The molecule has 0 heterocycles. The van der Waals surface area contributed by atoms with E-state index in [-0.39, 0.29) is 0 Å². The van der Waals surface area contributed by atoms with Gasteiger partial charge in [-0.1, -0.05) is 46.5 Å². The molecule has 0 aromatic heterocycles. The summed E-state index contributed by atoms with van der Waals surface area (Å²) in [5.41, 5.74) is -0.550. The molecule has 0 aliphatic rings. The summed E-state index contributed by atoms with van der Waals surface area (Å²) in [4.78, 5) is 11.2. The maximum Gasteiger partial charge on any atom is 0.361 e. The highest BCUT2D eigenvalue weighted by Crippen LogP contribution is 2.35. The van der Waals surface area contributed by atoms with Gasteiger partial charge in [-0.05, 0) is 19.3 Å². The van der Waals surface area contributed by atoms with Crippen LogP contribution in [-0.4, -0.2) is 5.97 Å². The lowest BCUT2D eigenvalue weighted by molar-refractivity contribution is -0.157. The number of unbranched alkanes of at least 4 members (excludes halogenated alkanes) is 2. The molecule has 0 bridgehead atoms. The van der Waals surface area contributed by atoms with E-state index in [1.165, 1.54) is 0 Å². The summed E-state index contributed by atoms with van der Waals surface area (Å²) in [5, 5.41) is 11.2. The predicted molar refractivity (Wildman–Crippen MR) is 57.5 cm³/mol. The summed E-state index contributed by atoms with van der Waals surface area (Å²) in [5.74, 6) is -0.845. The van der Waals surface area contributed by atoms with Crippen LogP contribution in [0.25, 0.3) is 0 Å². The first-order valence-electron chi connectivity index (χ1n) is 5.84. The predicted octanol–water partition coefficient (Wildman–Crippen LogP) is 3.72. The van der Waals surface area contributed by atoms with E-state index in [2.05, 4.69) is 13.8 Å². The maximum absolute atomic E-state index is 11.2. The van der Waals surface area contributed by atoms with Crippen molar-refractivity contribution in [1.29, 1.82) is 0 Å². The number of rotatable bonds is 8. The summed E-state index contributed by atoms with van der Waals surface area (Å²) in [6.45, 7) is 6.14. The largest absolute Gasteiger partial charge is 0.361 e. The molecule has 2 nitrogen and oxygen atoms in total. The second-order valence-corrected chi connectivity index (χ2v) is 4.13. The van der Waals surface area contributed by atoms with E-state index >= 15 is 0 Å². The molecule has 0 rings (SSSR count). The highest BCUT2D eigenvalue weighted by molar-refractivity contribution is 5.74. The molecule has 0 aromatic rings. The highest BCUT2D eigenvalue weighted by atomic mass is 16.4. The second-order valence-electron chi connectivity index (χ2n) is 4.13. The van der Waals surface area contributed by atoms with Crippen LogP contribution in [0, 0.1) is 5.41 Å². The van der Waals surface area contributed by atoms with Gasteiger partial charge in [0.2, 0.25) is 0 Å². The number of carbonyl (C=O) groups is 1. The lowest BCUT2D eigenvalue weighted by Gasteiger charge is -2.26. The minimum atomic E-state index is -0.845. The van der Waals surface area contributed by atoms with Crippen LogP contribution in [0.1, 0.15) is 65.7 Å². The highest BCUT2D eigenvalue weighted by Gasteiger charge is 2.36. The average Bonchev–Trinajstić information content (AvgIpc) is 2.18. The molecule has 0 aliphatic carbocycles. The molecule has 0 aromatic carbocycles. The Bertz CT molecular complexity index is 156. The van der Waals surface area contributed by atoms with Crippen LogP contribution in [0.5, 0.6) is 0 Å². The maximum atomic E-state index is 11.2. The molecule has 83 valence electrons. The van der Waals surface area contributed by atoms with Gasteiger partial charge < -0.3 is 0 Å². The first kappa shape index (κ1) is 13.5. The first-order chi connectivity index (χ1) is 6.63. The molecule has 1 radical (unpaired) electrons. The van der Waals surface area contributed by atoms with Crippen LogP contribution in [0.2, 0.25) is 0 Å². The molecule has 0 aliphatic heterocycles. The van der Waals surface area contributed by atoms with E-state index in [4.69, 9.17) is 0 Å². The fraction of sp³-hybridized carbons (Fsp3) is 0.917. The van der Waals surface area contributed by atoms with Crippen molar-refractivity contribution in [2.45, 2.75) is 65.7 Å². The molecule has 0 N–H and O–H groups in total. The Kier molecular flexibility index (Phi) is 6.60. The normalized spacial score (nSPS) is 11.6. The van der Waals surface area contributed by atoms with Crippen molar-refractivity contribution in [2.75, 3.05) is 0 Å². The zero-order valence-electron chi connectivity index (χ0n) is 9.77. The third kappa shape index (κ3) is 3.69. The fourth-order valence-corrected chi connectivity index (χ4v) is 1.86. The van der Waals surface area contributed by atoms with Gasteiger partial charge in [-0.3, -0.25) is 0 Å². The van der Waals surface area contributed by atoms with Gasteiger partial charge in [-0.2, -0.15) is 0 Å². The fourth-order valence-electron chi connectivity index (χ4n) is 1.86. The Morgan fingerprint density at radius 1 is 1.00 bits per heavy atom. The quantitative estimate of drug-likeness (QED) is 0.587. The molecule has 0 saturated heterocycles. The van der Waals surface area contributed by atoms with Gasteiger partial charge in [0.1, 0.15) is 0 Å². The van der Waals surface area contributed by atoms with E-state index < -0.39 is 11.4 Å². The van der Waals surface area contributed by atoms with Gasteiger partial charge in [0.05, 0.1) is 5.41 Å². The zero-order valence-corrected chi connectivity index (χ0v) is 9.77. The smallest absolute Gasteiger partial charge is 0.247 e. The first-order valence-corrected chi connectivity index (χ1v) is 5.84. The molecular formula is C12H23O2. The topological polar surface area (TPSA) is 37.0 Å². The van der Waals surface area contributed by atoms with Crippen LogP contribution in [0.15, 0.2) is 0 Å². The Hall–Kier alpha value is -0.530. The van der Waals surface area contributed by atoms with E-state index in [0.29, 0.717) is 6.42 Å². The summed E-state index contributed by atoms with van der Waals surface area (Å²) >= 11 is 0. The molecule has 0 fully saturated rings. The monoisotopic (exact) mass is 199 g/mol. The minimum Gasteiger partial charge on any atom is -0.247 e. The van der Waals surface area contributed by atoms with E-state index in [0.717, 1.165) is 38.5 Å². The van der Waals surface area contributed by atoms with Gasteiger partial charge in [0.25, 0.3) is 0 Å². The standard InChI is InChI=1S/C12H23O2/c1-4-7-9-12(6-3,11(13)14)10-8-5-2/h4-10H2,1-3H3. The zero-order chi connectivity index (χ0) is 11.0. The van der Waals surface area contributed by atoms with Crippen molar-refractivity contribution < 1.29 is 9.90 Å². The lowest BCUT2D eigenvalue weighted by Crippen LogP contribution is -2.29. The molecule has 0 atom stereocenters. The van der Waals surface area contributed by atoms with Crippen LogP contribution in [0.4, 0.5) is 0 Å². The lowest BCUT2D eigenvalue weighted by atomic mass is 9.76. The Balaban J connectivity index is 4.35. The molecule has 2 heteroatoms. The molecule has 0 unspecified atom stereocenters. The average molecular weight is 199 g/mol. The van der Waals surface area contributed by atoms with E-state index in [9.17, 15) is 9.90 Å². The summed E-state index contributed by atoms with van der Waals surface area (Å²) in [6, 6.07) is 0. The van der Waals surface area contributed by atoms with Gasteiger partial charge in [-0.15, -0.1) is 0 Å². The van der Waals surface area contributed by atoms with Crippen molar-refractivity contribution >= 4 is 5.97 Å². The van der Waals surface area contributed by atoms with Crippen molar-refractivity contribution in [3.63, 3.8) is 0 Å². The van der Waals surface area contributed by atoms with E-state index in [1.807, 2.05) is 6.92 Å². The van der Waals surface area contributed by atoms with E-state index in [1.54, 1.807) is 0 Å². The van der Waals surface area contributed by atoms with Crippen molar-refractivity contribution in [2.24, 2.45) is 5.41 Å². The van der Waals surface area contributed by atoms with Gasteiger partial charge in [0.15, 0.2) is 0 Å². The van der Waals surface area contributed by atoms with Crippen LogP contribution in [0.3, 0.4) is 0 Å². The number of hydrogen-bond donors (Lipinski definition) is 0. The third-order valence-corrected chi connectivity index (χ3v) is 3.13. The molecule has 0 saturated carbocycles. The summed E-state index contributed by atoms with van der Waals surface area (Å²) < 4.78 is 0. The third-order valence-electron chi connectivity index (χ3n) is 3.13. The van der Waals surface area contributed by atoms with Gasteiger partial charge in [0, 0.05) is 0 Å². The van der Waals surface area contributed by atoms with Crippen molar-refractivity contribution in [1.82, 2.24) is 0 Å². The summed E-state index contributed by atoms with van der Waals surface area (Å²) in [6.07, 6.45) is 6.36. The Labute approximate surface area is 87.7 Å². The molecule has 14 heavy (non-hydrogen) atoms. The van der Waals surface area contributed by atoms with Gasteiger partial charge >= 0.3 is 5.97 Å². The summed E-state index contributed by atoms with van der Waals surface area (Å²) in [7, 11) is 0. The Morgan fingerprint density at radius 3 is 1.64 bits per heavy atom. The van der Waals surface area contributed by atoms with Crippen LogP contribution in [-0.2, 0) is 9.90 Å². The molecule has 0 amide bonds. The van der Waals surface area contributed by atoms with Crippen LogP contribution >= 0.6 is 0 Å². The molecule has 0 spiro atoms. The molecular weight excluding hydrogens is 176 g/mol. The van der Waals surface area contributed by atoms with Crippen molar-refractivity contribution in [3.8, 4) is 0 Å². The SMILES string of the molecule is CCCCC(CC)(CCCC)C([O])=O.